The van der Waals surface area contributed by atoms with Gasteiger partial charge in [-0.15, -0.1) is 0 Å². The Hall–Kier alpha value is -1.89. The molecule has 2 atom stereocenters. The lowest BCUT2D eigenvalue weighted by Crippen LogP contribution is -2.48. The molecule has 7 heteroatoms. The first kappa shape index (κ1) is 16.2. The van der Waals surface area contributed by atoms with Gasteiger partial charge in [-0.1, -0.05) is 19.0 Å². The van der Waals surface area contributed by atoms with Gasteiger partial charge in [-0.2, -0.15) is 0 Å². The summed E-state index contributed by atoms with van der Waals surface area (Å²) < 4.78 is 4.88. The number of aryl methyl sites for hydroxylation is 1. The second-order valence-electron chi connectivity index (χ2n) is 5.21. The van der Waals surface area contributed by atoms with Gasteiger partial charge in [-0.05, 0) is 19.3 Å². The number of carboxylic acids is 2. The molecule has 20 heavy (non-hydrogen) atoms. The summed E-state index contributed by atoms with van der Waals surface area (Å²) in [5.74, 6) is -1.43. The van der Waals surface area contributed by atoms with Gasteiger partial charge >= 0.3 is 11.9 Å². The van der Waals surface area contributed by atoms with Crippen LogP contribution in [0.3, 0.4) is 0 Å². The SMILES string of the molecule is Cc1cc(CC(NC(CC(C)C)C(=O)O)C(=O)O)no1. The molecule has 0 aliphatic carbocycles. The number of carbonyl (C=O) groups is 2. The van der Waals surface area contributed by atoms with Crippen molar-refractivity contribution in [1.29, 1.82) is 0 Å². The van der Waals surface area contributed by atoms with Gasteiger partial charge < -0.3 is 14.7 Å². The zero-order valence-corrected chi connectivity index (χ0v) is 11.8. The second kappa shape index (κ2) is 7.04. The monoisotopic (exact) mass is 284 g/mol. The molecule has 0 spiro atoms. The number of aliphatic carboxylic acids is 2. The smallest absolute Gasteiger partial charge is 0.321 e. The van der Waals surface area contributed by atoms with Crippen LogP contribution in [0, 0.1) is 12.8 Å². The molecule has 1 rings (SSSR count). The molecular weight excluding hydrogens is 264 g/mol. The molecule has 2 unspecified atom stereocenters. The molecule has 0 bridgehead atoms. The molecule has 3 N–H and O–H groups in total. The van der Waals surface area contributed by atoms with Crippen molar-refractivity contribution in [2.75, 3.05) is 0 Å². The van der Waals surface area contributed by atoms with Gasteiger partial charge in [-0.3, -0.25) is 14.9 Å². The summed E-state index contributed by atoms with van der Waals surface area (Å²) in [5, 5.41) is 24.7. The first-order valence-electron chi connectivity index (χ1n) is 6.43. The van der Waals surface area contributed by atoms with Crippen molar-refractivity contribution in [3.05, 3.63) is 17.5 Å². The fourth-order valence-electron chi connectivity index (χ4n) is 1.90. The fraction of sp³-hybridized carbons (Fsp3) is 0.615. The Kier molecular flexibility index (Phi) is 5.69. The highest BCUT2D eigenvalue weighted by atomic mass is 16.5. The number of nitrogens with one attached hydrogen (secondary N) is 1. The summed E-state index contributed by atoms with van der Waals surface area (Å²) in [7, 11) is 0. The predicted octanol–water partition coefficient (Wildman–Crippen LogP) is 1.07. The van der Waals surface area contributed by atoms with E-state index in [1.807, 2.05) is 13.8 Å². The summed E-state index contributed by atoms with van der Waals surface area (Å²) >= 11 is 0. The molecule has 0 aromatic carbocycles. The molecule has 112 valence electrons. The lowest BCUT2D eigenvalue weighted by atomic mass is 10.0. The maximum atomic E-state index is 11.2. The third-order valence-corrected chi connectivity index (χ3v) is 2.80. The minimum atomic E-state index is -1.11. The maximum absolute atomic E-state index is 11.2. The van der Waals surface area contributed by atoms with E-state index >= 15 is 0 Å². The van der Waals surface area contributed by atoms with Crippen LogP contribution < -0.4 is 5.32 Å². The maximum Gasteiger partial charge on any atom is 0.321 e. The van der Waals surface area contributed by atoms with Gasteiger partial charge in [0.05, 0.1) is 5.69 Å². The van der Waals surface area contributed by atoms with E-state index in [0.29, 0.717) is 17.9 Å². The van der Waals surface area contributed by atoms with Crippen LogP contribution in [0.4, 0.5) is 0 Å². The second-order valence-corrected chi connectivity index (χ2v) is 5.21. The number of hydrogen-bond donors (Lipinski definition) is 3. The Morgan fingerprint density at radius 1 is 1.30 bits per heavy atom. The van der Waals surface area contributed by atoms with E-state index in [2.05, 4.69) is 10.5 Å². The van der Waals surface area contributed by atoms with Gasteiger partial charge in [0.25, 0.3) is 0 Å². The minimum Gasteiger partial charge on any atom is -0.480 e. The van der Waals surface area contributed by atoms with Crippen LogP contribution >= 0.6 is 0 Å². The van der Waals surface area contributed by atoms with Crippen molar-refractivity contribution in [3.8, 4) is 0 Å². The molecule has 0 amide bonds. The van der Waals surface area contributed by atoms with Crippen LogP contribution in [-0.4, -0.2) is 39.4 Å². The molecule has 0 aliphatic heterocycles. The van der Waals surface area contributed by atoms with Crippen LogP contribution in [0.1, 0.15) is 31.7 Å². The van der Waals surface area contributed by atoms with Gasteiger partial charge in [0.15, 0.2) is 0 Å². The Balaban J connectivity index is 2.74. The zero-order valence-electron chi connectivity index (χ0n) is 11.8. The van der Waals surface area contributed by atoms with Crippen LogP contribution in [-0.2, 0) is 16.0 Å². The van der Waals surface area contributed by atoms with Gasteiger partial charge in [0, 0.05) is 12.5 Å². The van der Waals surface area contributed by atoms with E-state index in [9.17, 15) is 14.7 Å². The molecule has 0 saturated carbocycles. The summed E-state index contributed by atoms with van der Waals surface area (Å²) in [6.07, 6.45) is 0.436. The summed E-state index contributed by atoms with van der Waals surface area (Å²) in [6.45, 7) is 5.47. The van der Waals surface area contributed by atoms with Crippen molar-refractivity contribution in [1.82, 2.24) is 10.5 Å². The average Bonchev–Trinajstić information content (AvgIpc) is 2.72. The number of hydrogen-bond acceptors (Lipinski definition) is 5. The molecule has 0 aliphatic rings. The van der Waals surface area contributed by atoms with Crippen molar-refractivity contribution >= 4 is 11.9 Å². The molecule has 0 saturated heterocycles. The molecular formula is C13H20N2O5. The van der Waals surface area contributed by atoms with E-state index in [0.717, 1.165) is 0 Å². The number of carboxylic acid groups (broad SMARTS) is 2. The van der Waals surface area contributed by atoms with Crippen molar-refractivity contribution < 1.29 is 24.3 Å². The van der Waals surface area contributed by atoms with Gasteiger partial charge in [0.1, 0.15) is 17.8 Å². The minimum absolute atomic E-state index is 0.0779. The number of nitrogens with zero attached hydrogens (tertiary/aromatic N) is 1. The highest BCUT2D eigenvalue weighted by molar-refractivity contribution is 5.77. The molecule has 1 aromatic rings. The topological polar surface area (TPSA) is 113 Å². The summed E-state index contributed by atoms with van der Waals surface area (Å²) in [4.78, 5) is 22.4. The molecule has 0 radical (unpaired) electrons. The number of rotatable bonds is 8. The quantitative estimate of drug-likeness (QED) is 0.654. The molecule has 0 fully saturated rings. The Morgan fingerprint density at radius 2 is 1.90 bits per heavy atom. The molecule has 1 aromatic heterocycles. The van der Waals surface area contributed by atoms with E-state index in [1.54, 1.807) is 13.0 Å². The Bertz CT molecular complexity index is 469. The number of aromatic nitrogens is 1. The normalized spacial score (nSPS) is 14.2. The predicted molar refractivity (Wildman–Crippen MR) is 70.4 cm³/mol. The molecule has 1 heterocycles. The largest absolute Gasteiger partial charge is 0.480 e. The van der Waals surface area contributed by atoms with Crippen LogP contribution in [0.5, 0.6) is 0 Å². The summed E-state index contributed by atoms with van der Waals surface area (Å²) in [6, 6.07) is -0.279. The van der Waals surface area contributed by atoms with E-state index in [4.69, 9.17) is 9.63 Å². The van der Waals surface area contributed by atoms with Crippen LogP contribution in [0.2, 0.25) is 0 Å². The third-order valence-electron chi connectivity index (χ3n) is 2.80. The van der Waals surface area contributed by atoms with E-state index in [-0.39, 0.29) is 12.3 Å². The Morgan fingerprint density at radius 3 is 2.30 bits per heavy atom. The van der Waals surface area contributed by atoms with Crippen molar-refractivity contribution in [3.63, 3.8) is 0 Å². The van der Waals surface area contributed by atoms with Crippen LogP contribution in [0.15, 0.2) is 10.6 Å². The highest BCUT2D eigenvalue weighted by Crippen LogP contribution is 2.09. The van der Waals surface area contributed by atoms with Crippen molar-refractivity contribution in [2.24, 2.45) is 5.92 Å². The molecule has 7 nitrogen and oxygen atoms in total. The Labute approximate surface area is 117 Å². The first-order chi connectivity index (χ1) is 9.29. The van der Waals surface area contributed by atoms with Crippen molar-refractivity contribution in [2.45, 2.75) is 45.7 Å². The summed E-state index contributed by atoms with van der Waals surface area (Å²) in [5.41, 5.74) is 0.482. The fourth-order valence-corrected chi connectivity index (χ4v) is 1.90. The lowest BCUT2D eigenvalue weighted by Gasteiger charge is -2.21. The first-order valence-corrected chi connectivity index (χ1v) is 6.43. The highest BCUT2D eigenvalue weighted by Gasteiger charge is 2.27. The third kappa shape index (κ3) is 5.00. The van der Waals surface area contributed by atoms with Crippen LogP contribution in [0.25, 0.3) is 0 Å². The standard InChI is InChI=1S/C13H20N2O5/c1-7(2)4-10(12(16)17)14-11(13(18)19)6-9-5-8(3)20-15-9/h5,7,10-11,14H,4,6H2,1-3H3,(H,16,17)(H,18,19). The van der Waals surface area contributed by atoms with Gasteiger partial charge in [-0.25, -0.2) is 0 Å². The van der Waals surface area contributed by atoms with E-state index < -0.39 is 24.0 Å². The van der Waals surface area contributed by atoms with Gasteiger partial charge in [0.2, 0.25) is 0 Å². The zero-order chi connectivity index (χ0) is 15.3. The van der Waals surface area contributed by atoms with E-state index in [1.165, 1.54) is 0 Å². The average molecular weight is 284 g/mol. The lowest BCUT2D eigenvalue weighted by molar-refractivity contribution is -0.142.